The molecule has 0 bridgehead atoms. The van der Waals surface area contributed by atoms with E-state index < -0.39 is 10.0 Å². The lowest BCUT2D eigenvalue weighted by molar-refractivity contribution is 0.600. The van der Waals surface area contributed by atoms with E-state index in [2.05, 4.69) is 9.82 Å². The monoisotopic (exact) mass is 335 g/mol. The molecule has 0 radical (unpaired) electrons. The predicted molar refractivity (Wildman–Crippen MR) is 87.7 cm³/mol. The number of nitrogens with one attached hydrogen (secondary N) is 1. The first-order valence-electron chi connectivity index (χ1n) is 6.60. The SMILES string of the molecule is Cc1nn(C)c(Cl)c1S(=O)(=O)Nc1cccc2ccccc12. The standard InChI is InChI=1S/C15H14ClN3O2S/c1-10-14(15(16)19(2)17-10)22(20,21)18-13-9-5-7-11-6-3-4-8-12(11)13/h3-9,18H,1-2H3. The Hall–Kier alpha value is -2.05. The van der Waals surface area contributed by atoms with Crippen LogP contribution in [0.2, 0.25) is 5.15 Å². The molecule has 0 fully saturated rings. The molecule has 0 aliphatic carbocycles. The lowest BCUT2D eigenvalue weighted by Crippen LogP contribution is -2.14. The molecule has 1 aromatic heterocycles. The van der Waals surface area contributed by atoms with Gasteiger partial charge in [-0.15, -0.1) is 0 Å². The molecule has 0 aliphatic heterocycles. The highest BCUT2D eigenvalue weighted by Gasteiger charge is 2.25. The Morgan fingerprint density at radius 2 is 1.82 bits per heavy atom. The first-order valence-corrected chi connectivity index (χ1v) is 8.46. The molecule has 22 heavy (non-hydrogen) atoms. The third-order valence-electron chi connectivity index (χ3n) is 3.40. The van der Waals surface area contributed by atoms with E-state index in [1.807, 2.05) is 30.3 Å². The summed E-state index contributed by atoms with van der Waals surface area (Å²) in [6, 6.07) is 13.0. The number of sulfonamides is 1. The zero-order chi connectivity index (χ0) is 15.9. The normalized spacial score (nSPS) is 11.8. The van der Waals surface area contributed by atoms with E-state index in [1.54, 1.807) is 26.1 Å². The first-order chi connectivity index (χ1) is 10.4. The van der Waals surface area contributed by atoms with Crippen LogP contribution in [0.15, 0.2) is 47.4 Å². The van der Waals surface area contributed by atoms with Crippen LogP contribution in [-0.2, 0) is 17.1 Å². The van der Waals surface area contributed by atoms with Crippen molar-refractivity contribution in [2.45, 2.75) is 11.8 Å². The predicted octanol–water partition coefficient (Wildman–Crippen LogP) is 3.34. The van der Waals surface area contributed by atoms with Crippen LogP contribution in [0.5, 0.6) is 0 Å². The van der Waals surface area contributed by atoms with Gasteiger partial charge in [-0.3, -0.25) is 9.40 Å². The molecule has 7 heteroatoms. The summed E-state index contributed by atoms with van der Waals surface area (Å²) in [6.45, 7) is 1.61. The van der Waals surface area contributed by atoms with Crippen LogP contribution in [0.4, 0.5) is 5.69 Å². The van der Waals surface area contributed by atoms with Crippen molar-refractivity contribution in [3.8, 4) is 0 Å². The van der Waals surface area contributed by atoms with Crippen molar-refractivity contribution in [1.29, 1.82) is 0 Å². The molecule has 0 atom stereocenters. The zero-order valence-electron chi connectivity index (χ0n) is 12.0. The molecule has 0 amide bonds. The minimum absolute atomic E-state index is 0.00426. The highest BCUT2D eigenvalue weighted by atomic mass is 35.5. The quantitative estimate of drug-likeness (QED) is 0.798. The number of aromatic nitrogens is 2. The van der Waals surface area contributed by atoms with Gasteiger partial charge in [0.25, 0.3) is 10.0 Å². The van der Waals surface area contributed by atoms with Crippen molar-refractivity contribution in [3.63, 3.8) is 0 Å². The third-order valence-corrected chi connectivity index (χ3v) is 5.46. The van der Waals surface area contributed by atoms with Gasteiger partial charge in [0.15, 0.2) is 0 Å². The fourth-order valence-corrected chi connectivity index (χ4v) is 4.26. The summed E-state index contributed by atoms with van der Waals surface area (Å²) in [5.41, 5.74) is 0.873. The number of hydrogen-bond donors (Lipinski definition) is 1. The van der Waals surface area contributed by atoms with Crippen LogP contribution < -0.4 is 4.72 Å². The van der Waals surface area contributed by atoms with E-state index in [4.69, 9.17) is 11.6 Å². The average Bonchev–Trinajstić information content (AvgIpc) is 2.72. The van der Waals surface area contributed by atoms with Gasteiger partial charge in [0.05, 0.1) is 11.4 Å². The van der Waals surface area contributed by atoms with Gasteiger partial charge in [0.2, 0.25) is 0 Å². The van der Waals surface area contributed by atoms with Gasteiger partial charge in [0.1, 0.15) is 10.0 Å². The van der Waals surface area contributed by atoms with E-state index in [1.165, 1.54) is 4.68 Å². The van der Waals surface area contributed by atoms with Gasteiger partial charge in [-0.2, -0.15) is 5.10 Å². The summed E-state index contributed by atoms with van der Waals surface area (Å²) in [4.78, 5) is 0.00426. The fourth-order valence-electron chi connectivity index (χ4n) is 2.43. The summed E-state index contributed by atoms with van der Waals surface area (Å²) >= 11 is 6.06. The topological polar surface area (TPSA) is 64.0 Å². The molecule has 5 nitrogen and oxygen atoms in total. The number of benzene rings is 2. The maximum atomic E-state index is 12.7. The molecule has 0 saturated heterocycles. The van der Waals surface area contributed by atoms with Crippen LogP contribution in [0.3, 0.4) is 0 Å². The second-order valence-electron chi connectivity index (χ2n) is 4.96. The fraction of sp³-hybridized carbons (Fsp3) is 0.133. The lowest BCUT2D eigenvalue weighted by atomic mass is 10.1. The Bertz CT molecular complexity index is 959. The molecule has 3 aromatic rings. The van der Waals surface area contributed by atoms with Gasteiger partial charge >= 0.3 is 0 Å². The molecule has 0 spiro atoms. The summed E-state index contributed by atoms with van der Waals surface area (Å²) in [5.74, 6) is 0. The smallest absolute Gasteiger partial charge is 0.266 e. The summed E-state index contributed by atoms with van der Waals surface area (Å²) in [7, 11) is -2.21. The van der Waals surface area contributed by atoms with Crippen molar-refractivity contribution in [2.75, 3.05) is 4.72 Å². The maximum absolute atomic E-state index is 12.7. The highest BCUT2D eigenvalue weighted by molar-refractivity contribution is 7.93. The van der Waals surface area contributed by atoms with E-state index >= 15 is 0 Å². The van der Waals surface area contributed by atoms with Crippen molar-refractivity contribution in [2.24, 2.45) is 7.05 Å². The van der Waals surface area contributed by atoms with Crippen molar-refractivity contribution < 1.29 is 8.42 Å². The van der Waals surface area contributed by atoms with Gasteiger partial charge in [-0.05, 0) is 18.4 Å². The number of halogens is 1. The minimum Gasteiger partial charge on any atom is -0.279 e. The van der Waals surface area contributed by atoms with Crippen LogP contribution in [-0.4, -0.2) is 18.2 Å². The number of anilines is 1. The summed E-state index contributed by atoms with van der Waals surface area (Å²) in [6.07, 6.45) is 0. The summed E-state index contributed by atoms with van der Waals surface area (Å²) in [5, 5.41) is 5.92. The van der Waals surface area contributed by atoms with Gasteiger partial charge in [-0.25, -0.2) is 8.42 Å². The van der Waals surface area contributed by atoms with Crippen molar-refractivity contribution in [3.05, 3.63) is 53.3 Å². The number of aryl methyl sites for hydroxylation is 2. The Morgan fingerprint density at radius 3 is 2.50 bits per heavy atom. The number of fused-ring (bicyclic) bond motifs is 1. The maximum Gasteiger partial charge on any atom is 0.266 e. The van der Waals surface area contributed by atoms with Crippen molar-refractivity contribution >= 4 is 38.1 Å². The molecule has 0 unspecified atom stereocenters. The van der Waals surface area contributed by atoms with Crippen LogP contribution in [0, 0.1) is 6.92 Å². The Kier molecular flexibility index (Phi) is 3.58. The third kappa shape index (κ3) is 2.44. The second-order valence-corrected chi connectivity index (χ2v) is 6.94. The lowest BCUT2D eigenvalue weighted by Gasteiger charge is -2.10. The number of hydrogen-bond acceptors (Lipinski definition) is 3. The summed E-state index contributed by atoms with van der Waals surface area (Å²) < 4.78 is 29.3. The highest BCUT2D eigenvalue weighted by Crippen LogP contribution is 2.29. The van der Waals surface area contributed by atoms with Crippen LogP contribution in [0.25, 0.3) is 10.8 Å². The Labute approximate surface area is 133 Å². The molecular weight excluding hydrogens is 322 g/mol. The molecule has 2 aromatic carbocycles. The Balaban J connectivity index is 2.11. The minimum atomic E-state index is -3.81. The van der Waals surface area contributed by atoms with Gasteiger partial charge in [-0.1, -0.05) is 48.0 Å². The second kappa shape index (κ2) is 5.30. The molecule has 3 rings (SSSR count). The molecule has 1 heterocycles. The van der Waals surface area contributed by atoms with Crippen molar-refractivity contribution in [1.82, 2.24) is 9.78 Å². The molecular formula is C15H14ClN3O2S. The van der Waals surface area contributed by atoms with Crippen LogP contribution >= 0.6 is 11.6 Å². The molecule has 0 saturated carbocycles. The number of rotatable bonds is 3. The van der Waals surface area contributed by atoms with E-state index in [-0.39, 0.29) is 10.0 Å². The molecule has 1 N–H and O–H groups in total. The first kappa shape index (κ1) is 14.9. The van der Waals surface area contributed by atoms with E-state index in [9.17, 15) is 8.42 Å². The average molecular weight is 336 g/mol. The largest absolute Gasteiger partial charge is 0.279 e. The van der Waals surface area contributed by atoms with E-state index in [0.717, 1.165) is 10.8 Å². The van der Waals surface area contributed by atoms with Crippen LogP contribution in [0.1, 0.15) is 5.69 Å². The van der Waals surface area contributed by atoms with E-state index in [0.29, 0.717) is 11.4 Å². The zero-order valence-corrected chi connectivity index (χ0v) is 13.6. The number of nitrogens with zero attached hydrogens (tertiary/aromatic N) is 2. The van der Waals surface area contributed by atoms with Gasteiger partial charge < -0.3 is 0 Å². The van der Waals surface area contributed by atoms with Gasteiger partial charge in [0, 0.05) is 12.4 Å². The molecule has 114 valence electrons. The Morgan fingerprint density at radius 1 is 1.14 bits per heavy atom. The molecule has 0 aliphatic rings.